The van der Waals surface area contributed by atoms with E-state index in [9.17, 15) is 8.78 Å². The normalized spacial score (nSPS) is 15.4. The fraction of sp³-hybridized carbons (Fsp3) is 0.353. The molecule has 0 bridgehead atoms. The molecule has 0 amide bonds. The molecule has 25 heavy (non-hydrogen) atoms. The average Bonchev–Trinajstić information content (AvgIpc) is 2.58. The van der Waals surface area contributed by atoms with Crippen molar-refractivity contribution in [3.8, 4) is 0 Å². The highest BCUT2D eigenvalue weighted by atomic mass is 79.9. The zero-order valence-electron chi connectivity index (χ0n) is 13.9. The van der Waals surface area contributed by atoms with Crippen LogP contribution in [0.15, 0.2) is 28.9 Å². The Morgan fingerprint density at radius 1 is 1.16 bits per heavy atom. The van der Waals surface area contributed by atoms with E-state index < -0.39 is 11.6 Å². The molecule has 1 aliphatic heterocycles. The van der Waals surface area contributed by atoms with Gasteiger partial charge in [-0.25, -0.2) is 13.8 Å². The molecule has 0 saturated carbocycles. The molecule has 0 aliphatic carbocycles. The minimum Gasteiger partial charge on any atom is -0.396 e. The summed E-state index contributed by atoms with van der Waals surface area (Å²) in [5.41, 5.74) is 6.52. The van der Waals surface area contributed by atoms with E-state index in [0.717, 1.165) is 19.6 Å². The van der Waals surface area contributed by atoms with Gasteiger partial charge in [-0.2, -0.15) is 0 Å². The zero-order valence-corrected chi connectivity index (χ0v) is 15.5. The van der Waals surface area contributed by atoms with Crippen LogP contribution in [0.5, 0.6) is 0 Å². The van der Waals surface area contributed by atoms with E-state index in [4.69, 9.17) is 5.73 Å². The third-order valence-electron chi connectivity index (χ3n) is 4.31. The number of nitrogens with zero attached hydrogens (tertiary/aromatic N) is 3. The second-order valence-electron chi connectivity index (χ2n) is 5.91. The molecular formula is C17H20BrF2N5. The number of aromatic nitrogens is 1. The highest BCUT2D eigenvalue weighted by Crippen LogP contribution is 2.30. The quantitative estimate of drug-likeness (QED) is 0.752. The molecule has 0 unspecified atom stereocenters. The van der Waals surface area contributed by atoms with E-state index in [-0.39, 0.29) is 11.4 Å². The van der Waals surface area contributed by atoms with Crippen molar-refractivity contribution in [2.75, 3.05) is 48.7 Å². The van der Waals surface area contributed by atoms with Gasteiger partial charge in [0.2, 0.25) is 0 Å². The standard InChI is InChI=1S/C17H20BrF2N5/c1-2-24-5-7-25(8-6-24)16-12(19)9-11(10-13(16)20)22-17-14(21)3-4-15(18)23-17/h3-4,9-10H,2,5-8,21H2,1H3,(H,22,23). The highest BCUT2D eigenvalue weighted by molar-refractivity contribution is 9.10. The van der Waals surface area contributed by atoms with Gasteiger partial charge in [0.15, 0.2) is 17.5 Å². The smallest absolute Gasteiger partial charge is 0.154 e. The fourth-order valence-electron chi connectivity index (χ4n) is 2.91. The van der Waals surface area contributed by atoms with Crippen LogP contribution in [0.1, 0.15) is 6.92 Å². The first-order valence-electron chi connectivity index (χ1n) is 8.13. The lowest BCUT2D eigenvalue weighted by atomic mass is 10.2. The molecule has 2 aromatic rings. The Hall–Kier alpha value is -1.93. The van der Waals surface area contributed by atoms with Crippen LogP contribution in [0.2, 0.25) is 0 Å². The van der Waals surface area contributed by atoms with Gasteiger partial charge in [0.25, 0.3) is 0 Å². The van der Waals surface area contributed by atoms with Gasteiger partial charge in [0.1, 0.15) is 10.3 Å². The number of likely N-dealkylation sites (N-methyl/N-ethyl adjacent to an activating group) is 1. The molecule has 1 saturated heterocycles. The van der Waals surface area contributed by atoms with Gasteiger partial charge >= 0.3 is 0 Å². The van der Waals surface area contributed by atoms with Gasteiger partial charge in [-0.3, -0.25) is 0 Å². The molecule has 3 N–H and O–H groups in total. The number of nitrogens with one attached hydrogen (secondary N) is 1. The van der Waals surface area contributed by atoms with Crippen LogP contribution in [-0.2, 0) is 0 Å². The number of piperazine rings is 1. The Bertz CT molecular complexity index is 740. The molecule has 134 valence electrons. The predicted octanol–water partition coefficient (Wildman–Crippen LogP) is 3.59. The van der Waals surface area contributed by atoms with E-state index in [1.807, 2.05) is 0 Å². The maximum absolute atomic E-state index is 14.6. The number of hydrogen-bond donors (Lipinski definition) is 2. The Morgan fingerprint density at radius 3 is 2.40 bits per heavy atom. The summed E-state index contributed by atoms with van der Waals surface area (Å²) < 4.78 is 29.7. The van der Waals surface area contributed by atoms with Crippen molar-refractivity contribution < 1.29 is 8.78 Å². The fourth-order valence-corrected chi connectivity index (χ4v) is 3.22. The predicted molar refractivity (Wildman–Crippen MR) is 100 cm³/mol. The number of nitrogen functional groups attached to an aromatic ring is 1. The molecule has 1 aliphatic rings. The summed E-state index contributed by atoms with van der Waals surface area (Å²) >= 11 is 3.25. The Balaban J connectivity index is 1.82. The number of anilines is 4. The maximum Gasteiger partial charge on any atom is 0.154 e. The summed E-state index contributed by atoms with van der Waals surface area (Å²) in [6.45, 7) is 5.84. The van der Waals surface area contributed by atoms with Crippen molar-refractivity contribution in [3.05, 3.63) is 40.5 Å². The van der Waals surface area contributed by atoms with Crippen molar-refractivity contribution in [3.63, 3.8) is 0 Å². The van der Waals surface area contributed by atoms with E-state index in [0.29, 0.717) is 29.2 Å². The van der Waals surface area contributed by atoms with Crippen LogP contribution in [-0.4, -0.2) is 42.6 Å². The summed E-state index contributed by atoms with van der Waals surface area (Å²) in [5.74, 6) is -0.848. The minimum absolute atomic E-state index is 0.0245. The lowest BCUT2D eigenvalue weighted by Crippen LogP contribution is -2.46. The summed E-state index contributed by atoms with van der Waals surface area (Å²) in [4.78, 5) is 8.19. The topological polar surface area (TPSA) is 57.4 Å². The second-order valence-corrected chi connectivity index (χ2v) is 6.72. The molecule has 8 heteroatoms. The van der Waals surface area contributed by atoms with Gasteiger partial charge in [0.05, 0.1) is 5.69 Å². The van der Waals surface area contributed by atoms with Crippen molar-refractivity contribution in [2.24, 2.45) is 0 Å². The zero-order chi connectivity index (χ0) is 18.0. The minimum atomic E-state index is -0.596. The number of benzene rings is 1. The highest BCUT2D eigenvalue weighted by Gasteiger charge is 2.22. The van der Waals surface area contributed by atoms with Gasteiger partial charge < -0.3 is 20.9 Å². The molecule has 3 rings (SSSR count). The van der Waals surface area contributed by atoms with Crippen molar-refractivity contribution in [1.82, 2.24) is 9.88 Å². The first kappa shape index (κ1) is 17.9. The number of nitrogens with two attached hydrogens (primary N) is 1. The Morgan fingerprint density at radius 2 is 1.80 bits per heavy atom. The van der Waals surface area contributed by atoms with E-state index in [1.54, 1.807) is 17.0 Å². The number of rotatable bonds is 4. The third-order valence-corrected chi connectivity index (χ3v) is 4.75. The van der Waals surface area contributed by atoms with E-state index >= 15 is 0 Å². The maximum atomic E-state index is 14.6. The molecular weight excluding hydrogens is 392 g/mol. The monoisotopic (exact) mass is 411 g/mol. The lowest BCUT2D eigenvalue weighted by Gasteiger charge is -2.35. The van der Waals surface area contributed by atoms with Gasteiger partial charge in [0, 0.05) is 31.9 Å². The third kappa shape index (κ3) is 4.01. The molecule has 5 nitrogen and oxygen atoms in total. The molecule has 1 aromatic carbocycles. The van der Waals surface area contributed by atoms with Crippen molar-refractivity contribution in [2.45, 2.75) is 6.92 Å². The first-order valence-corrected chi connectivity index (χ1v) is 8.92. The molecule has 1 fully saturated rings. The molecule has 0 spiro atoms. The summed E-state index contributed by atoms with van der Waals surface area (Å²) in [6.07, 6.45) is 0. The van der Waals surface area contributed by atoms with E-state index in [1.165, 1.54) is 12.1 Å². The number of hydrogen-bond acceptors (Lipinski definition) is 5. The average molecular weight is 412 g/mol. The summed E-state index contributed by atoms with van der Waals surface area (Å²) in [7, 11) is 0. The van der Waals surface area contributed by atoms with Crippen LogP contribution in [0.25, 0.3) is 0 Å². The number of pyridine rings is 1. The Kier molecular flexibility index (Phi) is 5.39. The summed E-state index contributed by atoms with van der Waals surface area (Å²) in [5, 5.41) is 2.87. The van der Waals surface area contributed by atoms with E-state index in [2.05, 4.69) is 38.1 Å². The summed E-state index contributed by atoms with van der Waals surface area (Å²) in [6, 6.07) is 5.90. The number of halogens is 3. The first-order chi connectivity index (χ1) is 12.0. The lowest BCUT2D eigenvalue weighted by molar-refractivity contribution is 0.269. The van der Waals surface area contributed by atoms with Crippen LogP contribution < -0.4 is 16.0 Å². The van der Waals surface area contributed by atoms with Crippen molar-refractivity contribution in [1.29, 1.82) is 0 Å². The molecule has 2 heterocycles. The van der Waals surface area contributed by atoms with Crippen molar-refractivity contribution >= 4 is 38.8 Å². The van der Waals surface area contributed by atoms with Crippen LogP contribution in [0.3, 0.4) is 0 Å². The molecule has 0 radical (unpaired) electrons. The van der Waals surface area contributed by atoms with Gasteiger partial charge in [-0.1, -0.05) is 6.92 Å². The molecule has 0 atom stereocenters. The van der Waals surface area contributed by atoms with Gasteiger partial charge in [-0.05, 0) is 46.7 Å². The van der Waals surface area contributed by atoms with Crippen LogP contribution >= 0.6 is 15.9 Å². The van der Waals surface area contributed by atoms with Gasteiger partial charge in [-0.15, -0.1) is 0 Å². The SMILES string of the molecule is CCN1CCN(c2c(F)cc(Nc3nc(Br)ccc3N)cc2F)CC1. The largest absolute Gasteiger partial charge is 0.396 e. The van der Waals surface area contributed by atoms with Crippen LogP contribution in [0, 0.1) is 11.6 Å². The second kappa shape index (κ2) is 7.53. The Labute approximate surface area is 154 Å². The van der Waals surface area contributed by atoms with Crippen LogP contribution in [0.4, 0.5) is 31.7 Å². The molecule has 1 aromatic heterocycles.